The highest BCUT2D eigenvalue weighted by molar-refractivity contribution is 5.56. The van der Waals surface area contributed by atoms with Crippen LogP contribution in [0.5, 0.6) is 17.5 Å². The van der Waals surface area contributed by atoms with Crippen LogP contribution in [0.1, 0.15) is 62.1 Å². The molecule has 0 aliphatic carbocycles. The van der Waals surface area contributed by atoms with E-state index in [1.54, 1.807) is 24.3 Å². The number of aromatic nitrogens is 4. The van der Waals surface area contributed by atoms with Crippen LogP contribution in [0.2, 0.25) is 0 Å². The zero-order chi connectivity index (χ0) is 23.7. The highest BCUT2D eigenvalue weighted by atomic mass is 16.5. The lowest BCUT2D eigenvalue weighted by Gasteiger charge is -2.28. The van der Waals surface area contributed by atoms with Crippen LogP contribution in [0.4, 0.5) is 0 Å². The number of hydrogen-bond donors (Lipinski definition) is 3. The Labute approximate surface area is 188 Å². The van der Waals surface area contributed by atoms with E-state index in [1.807, 2.05) is 13.8 Å². The lowest BCUT2D eigenvalue weighted by atomic mass is 9.85. The molecular formula is C23H26N4O6. The summed E-state index contributed by atoms with van der Waals surface area (Å²) < 4.78 is 7.99. The van der Waals surface area contributed by atoms with Gasteiger partial charge in [-0.2, -0.15) is 0 Å². The van der Waals surface area contributed by atoms with Crippen molar-refractivity contribution in [3.05, 3.63) is 82.6 Å². The second-order valence-corrected chi connectivity index (χ2v) is 8.06. The van der Waals surface area contributed by atoms with Crippen molar-refractivity contribution in [1.82, 2.24) is 19.1 Å². The number of unbranched alkanes of at least 4 members (excludes halogenated alkanes) is 2. The standard InChI is InChI=1S/C23H26N4O6/c1-3-5-11-26-20(29)16(18(28)24-22(26)31)15-13-9-7-8-10-14(13)33-19-17(15)21(30)27(12-6-4-2)23(32)25-19/h7-10,15,29H,3-6,11-12H2,1-2H3,(H,25,32)(H,24,28,31). The van der Waals surface area contributed by atoms with Crippen LogP contribution >= 0.6 is 0 Å². The lowest BCUT2D eigenvalue weighted by Crippen LogP contribution is -2.41. The van der Waals surface area contributed by atoms with Crippen molar-refractivity contribution >= 4 is 0 Å². The number of H-pyrrole nitrogens is 2. The number of para-hydroxylation sites is 1. The molecule has 0 fully saturated rings. The fourth-order valence-corrected chi connectivity index (χ4v) is 4.16. The summed E-state index contributed by atoms with van der Waals surface area (Å²) in [6, 6.07) is 6.77. The molecule has 4 rings (SSSR count). The summed E-state index contributed by atoms with van der Waals surface area (Å²) in [4.78, 5) is 56.3. The van der Waals surface area contributed by atoms with E-state index in [0.717, 1.165) is 22.0 Å². The largest absolute Gasteiger partial charge is 0.494 e. The summed E-state index contributed by atoms with van der Waals surface area (Å²) in [5.74, 6) is -1.29. The quantitative estimate of drug-likeness (QED) is 0.390. The summed E-state index contributed by atoms with van der Waals surface area (Å²) in [5.41, 5.74) is -2.39. The molecule has 0 amide bonds. The van der Waals surface area contributed by atoms with Crippen LogP contribution in [0, 0.1) is 0 Å². The first kappa shape index (κ1) is 22.4. The fraction of sp³-hybridized carbons (Fsp3) is 0.391. The molecule has 1 atom stereocenters. The van der Waals surface area contributed by atoms with Crippen LogP contribution in [0.3, 0.4) is 0 Å². The predicted molar refractivity (Wildman–Crippen MR) is 122 cm³/mol. The number of aromatic hydroxyl groups is 1. The van der Waals surface area contributed by atoms with E-state index < -0.39 is 34.3 Å². The summed E-state index contributed by atoms with van der Waals surface area (Å²) >= 11 is 0. The van der Waals surface area contributed by atoms with Crippen LogP contribution in [0.25, 0.3) is 0 Å². The Morgan fingerprint density at radius 2 is 1.55 bits per heavy atom. The van der Waals surface area contributed by atoms with E-state index in [2.05, 4.69) is 9.97 Å². The fourth-order valence-electron chi connectivity index (χ4n) is 4.16. The van der Waals surface area contributed by atoms with Gasteiger partial charge in [0.25, 0.3) is 11.1 Å². The zero-order valence-electron chi connectivity index (χ0n) is 18.5. The molecule has 1 aliphatic heterocycles. The van der Waals surface area contributed by atoms with Crippen molar-refractivity contribution in [2.45, 2.75) is 58.5 Å². The van der Waals surface area contributed by atoms with Gasteiger partial charge in [0, 0.05) is 18.7 Å². The summed E-state index contributed by atoms with van der Waals surface area (Å²) in [5, 5.41) is 11.1. The van der Waals surface area contributed by atoms with Gasteiger partial charge in [-0.3, -0.25) is 28.7 Å². The monoisotopic (exact) mass is 454 g/mol. The van der Waals surface area contributed by atoms with Crippen molar-refractivity contribution in [3.63, 3.8) is 0 Å². The average molecular weight is 454 g/mol. The Kier molecular flexibility index (Phi) is 6.08. The maximum atomic E-state index is 13.5. The van der Waals surface area contributed by atoms with Crippen LogP contribution in [-0.2, 0) is 13.1 Å². The number of fused-ring (bicyclic) bond motifs is 2. The van der Waals surface area contributed by atoms with Crippen molar-refractivity contribution < 1.29 is 9.84 Å². The number of nitrogens with zero attached hydrogens (tertiary/aromatic N) is 2. The molecule has 10 heteroatoms. The Balaban J connectivity index is 2.05. The Bertz CT molecular complexity index is 1430. The average Bonchev–Trinajstić information content (AvgIpc) is 2.78. The number of aromatic amines is 2. The van der Waals surface area contributed by atoms with Crippen molar-refractivity contribution in [1.29, 1.82) is 0 Å². The third-order valence-electron chi connectivity index (χ3n) is 5.88. The van der Waals surface area contributed by atoms with E-state index in [4.69, 9.17) is 4.74 Å². The van der Waals surface area contributed by atoms with Gasteiger partial charge in [-0.1, -0.05) is 44.9 Å². The van der Waals surface area contributed by atoms with Gasteiger partial charge in [0.15, 0.2) is 0 Å². The molecular weight excluding hydrogens is 428 g/mol. The highest BCUT2D eigenvalue weighted by Crippen LogP contribution is 2.45. The number of hydrogen-bond acceptors (Lipinski definition) is 6. The first-order valence-corrected chi connectivity index (χ1v) is 11.1. The number of rotatable bonds is 7. The van der Waals surface area contributed by atoms with Gasteiger partial charge in [0.2, 0.25) is 11.8 Å². The number of nitrogens with one attached hydrogen (secondary N) is 2. The number of ether oxygens (including phenoxy) is 1. The van der Waals surface area contributed by atoms with Crippen LogP contribution in [-0.4, -0.2) is 24.2 Å². The third-order valence-corrected chi connectivity index (χ3v) is 5.88. The van der Waals surface area contributed by atoms with Crippen molar-refractivity contribution in [3.8, 4) is 17.5 Å². The summed E-state index contributed by atoms with van der Waals surface area (Å²) in [6.45, 7) is 4.28. The first-order chi connectivity index (χ1) is 15.9. The van der Waals surface area contributed by atoms with Crippen LogP contribution in [0.15, 0.2) is 43.4 Å². The minimum Gasteiger partial charge on any atom is -0.494 e. The summed E-state index contributed by atoms with van der Waals surface area (Å²) in [6.07, 6.45) is 2.76. The SMILES string of the molecule is CCCCn1c(O)c(C2c3ccccc3Oc3[nH]c(=O)n(CCCC)c(=O)c32)c(=O)[nH]c1=O. The van der Waals surface area contributed by atoms with Crippen molar-refractivity contribution in [2.24, 2.45) is 0 Å². The molecule has 3 heterocycles. The smallest absolute Gasteiger partial charge is 0.331 e. The predicted octanol–water partition coefficient (Wildman–Crippen LogP) is 1.98. The zero-order valence-corrected chi connectivity index (χ0v) is 18.5. The molecule has 0 saturated heterocycles. The van der Waals surface area contributed by atoms with Gasteiger partial charge in [0.05, 0.1) is 17.0 Å². The maximum Gasteiger partial charge on any atom is 0.331 e. The van der Waals surface area contributed by atoms with Gasteiger partial charge in [-0.25, -0.2) is 9.59 Å². The van der Waals surface area contributed by atoms with Crippen molar-refractivity contribution in [2.75, 3.05) is 0 Å². The Hall–Kier alpha value is -3.82. The third kappa shape index (κ3) is 3.81. The first-order valence-electron chi connectivity index (χ1n) is 11.1. The Morgan fingerprint density at radius 3 is 2.24 bits per heavy atom. The second-order valence-electron chi connectivity index (χ2n) is 8.06. The molecule has 3 aromatic rings. The lowest BCUT2D eigenvalue weighted by molar-refractivity contribution is 0.380. The number of benzene rings is 1. The van der Waals surface area contributed by atoms with Gasteiger partial charge in [-0.05, 0) is 18.9 Å². The second kappa shape index (κ2) is 8.97. The molecule has 3 N–H and O–H groups in total. The molecule has 1 aliphatic rings. The van der Waals surface area contributed by atoms with Gasteiger partial charge in [-0.15, -0.1) is 0 Å². The maximum absolute atomic E-state index is 13.5. The minimum atomic E-state index is -1.04. The van der Waals surface area contributed by atoms with E-state index >= 15 is 0 Å². The Morgan fingerprint density at radius 1 is 0.909 bits per heavy atom. The molecule has 0 radical (unpaired) electrons. The molecule has 0 spiro atoms. The minimum absolute atomic E-state index is 0.0332. The summed E-state index contributed by atoms with van der Waals surface area (Å²) in [7, 11) is 0. The van der Waals surface area contributed by atoms with E-state index in [-0.39, 0.29) is 30.1 Å². The molecule has 0 saturated carbocycles. The topological polar surface area (TPSA) is 139 Å². The molecule has 1 unspecified atom stereocenters. The van der Waals surface area contributed by atoms with Gasteiger partial charge < -0.3 is 9.84 Å². The van der Waals surface area contributed by atoms with Gasteiger partial charge >= 0.3 is 11.4 Å². The molecule has 10 nitrogen and oxygen atoms in total. The van der Waals surface area contributed by atoms with E-state index in [1.165, 1.54) is 0 Å². The molecule has 0 bridgehead atoms. The molecule has 174 valence electrons. The molecule has 2 aromatic heterocycles. The molecule has 1 aromatic carbocycles. The van der Waals surface area contributed by atoms with Crippen LogP contribution < -0.4 is 27.2 Å². The normalized spacial score (nSPS) is 14.4. The van der Waals surface area contributed by atoms with Gasteiger partial charge in [0.1, 0.15) is 5.75 Å². The van der Waals surface area contributed by atoms with E-state index in [0.29, 0.717) is 24.2 Å². The van der Waals surface area contributed by atoms with E-state index in [9.17, 15) is 24.3 Å². The molecule has 33 heavy (non-hydrogen) atoms. The highest BCUT2D eigenvalue weighted by Gasteiger charge is 2.37.